The van der Waals surface area contributed by atoms with Gasteiger partial charge < -0.3 is 15.2 Å². The first kappa shape index (κ1) is 13.3. The summed E-state index contributed by atoms with van der Waals surface area (Å²) >= 11 is 0. The van der Waals surface area contributed by atoms with Gasteiger partial charge in [-0.3, -0.25) is 4.40 Å². The Kier molecular flexibility index (Phi) is 3.41. The van der Waals surface area contributed by atoms with Crippen LogP contribution in [0, 0.1) is 0 Å². The number of nitrogens with zero attached hydrogens (tertiary/aromatic N) is 3. The van der Waals surface area contributed by atoms with Crippen LogP contribution in [-0.4, -0.2) is 45.7 Å². The first-order chi connectivity index (χ1) is 10.2. The molecule has 108 valence electrons. The number of benzene rings is 1. The number of hydrogen-bond donors (Lipinski definition) is 2. The van der Waals surface area contributed by atoms with Crippen molar-refractivity contribution in [3.63, 3.8) is 0 Å². The van der Waals surface area contributed by atoms with E-state index in [-0.39, 0.29) is 5.56 Å². The SMILES string of the molecule is COCCNc1nc2ccc(C(=O)O)cc2n2cncc12. The number of anilines is 1. The van der Waals surface area contributed by atoms with E-state index in [2.05, 4.69) is 15.3 Å². The van der Waals surface area contributed by atoms with Gasteiger partial charge in [-0.05, 0) is 18.2 Å². The average molecular weight is 286 g/mol. The molecule has 0 aliphatic rings. The van der Waals surface area contributed by atoms with Gasteiger partial charge in [-0.2, -0.15) is 0 Å². The Morgan fingerprint density at radius 3 is 3.05 bits per heavy atom. The highest BCUT2D eigenvalue weighted by Gasteiger charge is 2.11. The number of carboxylic acid groups (broad SMARTS) is 1. The lowest BCUT2D eigenvalue weighted by atomic mass is 10.2. The van der Waals surface area contributed by atoms with Gasteiger partial charge in [0.2, 0.25) is 0 Å². The lowest BCUT2D eigenvalue weighted by Gasteiger charge is -2.10. The van der Waals surface area contributed by atoms with Crippen molar-refractivity contribution in [1.29, 1.82) is 0 Å². The fourth-order valence-corrected chi connectivity index (χ4v) is 2.19. The normalized spacial score (nSPS) is 11.1. The number of carboxylic acids is 1. The molecular weight excluding hydrogens is 272 g/mol. The van der Waals surface area contributed by atoms with E-state index in [0.717, 1.165) is 5.52 Å². The smallest absolute Gasteiger partial charge is 0.335 e. The lowest BCUT2D eigenvalue weighted by Crippen LogP contribution is -2.10. The van der Waals surface area contributed by atoms with Crippen molar-refractivity contribution in [2.45, 2.75) is 0 Å². The highest BCUT2D eigenvalue weighted by Crippen LogP contribution is 2.22. The van der Waals surface area contributed by atoms with Crippen molar-refractivity contribution >= 4 is 28.3 Å². The second-order valence-corrected chi connectivity index (χ2v) is 4.54. The van der Waals surface area contributed by atoms with Crippen molar-refractivity contribution in [1.82, 2.24) is 14.4 Å². The van der Waals surface area contributed by atoms with Gasteiger partial charge in [-0.1, -0.05) is 0 Å². The molecule has 0 aliphatic carbocycles. The predicted octanol–water partition coefficient (Wildman–Crippen LogP) is 1.64. The van der Waals surface area contributed by atoms with Crippen LogP contribution < -0.4 is 5.32 Å². The van der Waals surface area contributed by atoms with Crippen LogP contribution in [0.5, 0.6) is 0 Å². The Labute approximate surface area is 120 Å². The summed E-state index contributed by atoms with van der Waals surface area (Å²) in [6.45, 7) is 1.20. The number of nitrogens with one attached hydrogen (secondary N) is 1. The van der Waals surface area contributed by atoms with Gasteiger partial charge in [-0.15, -0.1) is 0 Å². The number of hydrogen-bond acceptors (Lipinski definition) is 5. The fraction of sp³-hybridized carbons (Fsp3) is 0.214. The van der Waals surface area contributed by atoms with Gasteiger partial charge in [-0.25, -0.2) is 14.8 Å². The summed E-state index contributed by atoms with van der Waals surface area (Å²) in [5.41, 5.74) is 2.42. The molecule has 0 unspecified atom stereocenters. The fourth-order valence-electron chi connectivity index (χ4n) is 2.19. The zero-order valence-electron chi connectivity index (χ0n) is 11.4. The van der Waals surface area contributed by atoms with E-state index in [0.29, 0.717) is 30.0 Å². The Hall–Kier alpha value is -2.67. The molecule has 0 fully saturated rings. The minimum absolute atomic E-state index is 0.222. The third-order valence-electron chi connectivity index (χ3n) is 3.19. The number of fused-ring (bicyclic) bond motifs is 3. The van der Waals surface area contributed by atoms with Crippen LogP contribution >= 0.6 is 0 Å². The molecule has 2 heterocycles. The highest BCUT2D eigenvalue weighted by atomic mass is 16.5. The van der Waals surface area contributed by atoms with E-state index >= 15 is 0 Å². The average Bonchev–Trinajstić information content (AvgIpc) is 2.97. The monoisotopic (exact) mass is 286 g/mol. The summed E-state index contributed by atoms with van der Waals surface area (Å²) in [6, 6.07) is 4.83. The number of imidazole rings is 1. The molecule has 0 aliphatic heterocycles. The molecule has 0 saturated heterocycles. The molecule has 2 aromatic heterocycles. The van der Waals surface area contributed by atoms with Gasteiger partial charge in [0.25, 0.3) is 0 Å². The predicted molar refractivity (Wildman–Crippen MR) is 77.8 cm³/mol. The number of carbonyl (C=O) groups is 1. The zero-order valence-corrected chi connectivity index (χ0v) is 11.4. The van der Waals surface area contributed by atoms with E-state index in [9.17, 15) is 4.79 Å². The van der Waals surface area contributed by atoms with Gasteiger partial charge >= 0.3 is 5.97 Å². The zero-order chi connectivity index (χ0) is 14.8. The van der Waals surface area contributed by atoms with Crippen molar-refractivity contribution in [2.24, 2.45) is 0 Å². The van der Waals surface area contributed by atoms with Gasteiger partial charge in [0.15, 0.2) is 5.82 Å². The van der Waals surface area contributed by atoms with Crippen LogP contribution in [0.15, 0.2) is 30.7 Å². The molecule has 0 bridgehead atoms. The van der Waals surface area contributed by atoms with Crippen LogP contribution in [0.1, 0.15) is 10.4 Å². The minimum atomic E-state index is -0.965. The third kappa shape index (κ3) is 2.38. The maximum Gasteiger partial charge on any atom is 0.335 e. The topological polar surface area (TPSA) is 88.8 Å². The van der Waals surface area contributed by atoms with Crippen LogP contribution in [0.3, 0.4) is 0 Å². The summed E-state index contributed by atoms with van der Waals surface area (Å²) < 4.78 is 6.83. The molecule has 3 rings (SSSR count). The summed E-state index contributed by atoms with van der Waals surface area (Å²) in [5, 5.41) is 12.3. The number of aromatic nitrogens is 3. The van der Waals surface area contributed by atoms with Gasteiger partial charge in [0.1, 0.15) is 5.52 Å². The molecular formula is C14H14N4O3. The second-order valence-electron chi connectivity index (χ2n) is 4.54. The van der Waals surface area contributed by atoms with Crippen molar-refractivity contribution in [3.8, 4) is 0 Å². The van der Waals surface area contributed by atoms with Crippen molar-refractivity contribution < 1.29 is 14.6 Å². The number of rotatable bonds is 5. The quantitative estimate of drug-likeness (QED) is 0.693. The molecule has 2 N–H and O–H groups in total. The number of aromatic carboxylic acids is 1. The van der Waals surface area contributed by atoms with Crippen molar-refractivity contribution in [2.75, 3.05) is 25.6 Å². The molecule has 0 amide bonds. The summed E-state index contributed by atoms with van der Waals surface area (Å²) in [6.07, 6.45) is 3.33. The molecule has 0 spiro atoms. The molecule has 7 nitrogen and oxygen atoms in total. The summed E-state index contributed by atoms with van der Waals surface area (Å²) in [7, 11) is 1.64. The molecule has 21 heavy (non-hydrogen) atoms. The number of methoxy groups -OCH3 is 1. The van der Waals surface area contributed by atoms with E-state index in [4.69, 9.17) is 9.84 Å². The van der Waals surface area contributed by atoms with Gasteiger partial charge in [0.05, 0.1) is 35.7 Å². The Bertz CT molecular complexity index is 812. The molecule has 7 heteroatoms. The van der Waals surface area contributed by atoms with E-state index < -0.39 is 5.97 Å². The summed E-state index contributed by atoms with van der Waals surface area (Å²) in [5.74, 6) is -0.271. The van der Waals surface area contributed by atoms with E-state index in [1.807, 2.05) is 4.40 Å². The third-order valence-corrected chi connectivity index (χ3v) is 3.19. The maximum atomic E-state index is 11.1. The van der Waals surface area contributed by atoms with Crippen LogP contribution in [-0.2, 0) is 4.74 Å². The van der Waals surface area contributed by atoms with Crippen LogP contribution in [0.2, 0.25) is 0 Å². The highest BCUT2D eigenvalue weighted by molar-refractivity contribution is 5.93. The van der Waals surface area contributed by atoms with Crippen molar-refractivity contribution in [3.05, 3.63) is 36.3 Å². The molecule has 0 saturated carbocycles. The largest absolute Gasteiger partial charge is 0.478 e. The molecule has 3 aromatic rings. The first-order valence-corrected chi connectivity index (χ1v) is 6.42. The molecule has 1 aromatic carbocycles. The Morgan fingerprint density at radius 1 is 1.43 bits per heavy atom. The first-order valence-electron chi connectivity index (χ1n) is 6.42. The van der Waals surface area contributed by atoms with Crippen LogP contribution in [0.4, 0.5) is 5.82 Å². The van der Waals surface area contributed by atoms with E-state index in [1.54, 1.807) is 37.8 Å². The molecule has 0 radical (unpaired) electrons. The standard InChI is InChI=1S/C14H14N4O3/c1-21-5-4-16-13-12-7-15-8-18(12)11-6-9(14(19)20)2-3-10(11)17-13/h2-3,6-8H,4-5H2,1H3,(H,16,17)(H,19,20). The van der Waals surface area contributed by atoms with E-state index in [1.165, 1.54) is 0 Å². The number of ether oxygens (including phenoxy) is 1. The lowest BCUT2D eigenvalue weighted by molar-refractivity contribution is 0.0697. The second kappa shape index (κ2) is 5.37. The Balaban J connectivity index is 2.15. The molecule has 0 atom stereocenters. The van der Waals surface area contributed by atoms with Gasteiger partial charge in [0, 0.05) is 13.7 Å². The van der Waals surface area contributed by atoms with Crippen LogP contribution in [0.25, 0.3) is 16.6 Å². The minimum Gasteiger partial charge on any atom is -0.478 e. The maximum absolute atomic E-state index is 11.1. The summed E-state index contributed by atoms with van der Waals surface area (Å²) in [4.78, 5) is 19.7. The Morgan fingerprint density at radius 2 is 2.29 bits per heavy atom.